The number of rotatable bonds is 6. The third kappa shape index (κ3) is 5.40. The van der Waals surface area contributed by atoms with E-state index in [9.17, 15) is 0 Å². The molecule has 5 aromatic rings. The number of benzene rings is 5. The molecule has 2 nitrogen and oxygen atoms in total. The summed E-state index contributed by atoms with van der Waals surface area (Å²) in [7, 11) is 0. The normalized spacial score (nSPS) is 11.0. The number of nitrogens with zero attached hydrogens (tertiary/aromatic N) is 2. The molecule has 0 N–H and O–H groups in total. The number of aryl methyl sites for hydroxylation is 8. The molecule has 0 aromatic heterocycles. The van der Waals surface area contributed by atoms with Crippen LogP contribution in [-0.2, 0) is 0 Å². The molecule has 0 aliphatic carbocycles. The highest BCUT2D eigenvalue weighted by molar-refractivity contribution is 5.84. The highest BCUT2D eigenvalue weighted by atomic mass is 15.2. The molecule has 0 spiro atoms. The van der Waals surface area contributed by atoms with E-state index < -0.39 is 0 Å². The first-order valence-electron chi connectivity index (χ1n) is 14.1. The first-order valence-corrected chi connectivity index (χ1v) is 14.1. The maximum atomic E-state index is 2.39. The summed E-state index contributed by atoms with van der Waals surface area (Å²) in [6.45, 7) is 17.5. The van der Waals surface area contributed by atoms with Crippen molar-refractivity contribution >= 4 is 34.1 Å². The van der Waals surface area contributed by atoms with Crippen molar-refractivity contribution in [3.8, 4) is 0 Å². The third-order valence-corrected chi connectivity index (χ3v) is 7.67. The van der Waals surface area contributed by atoms with Crippen LogP contribution in [0, 0.1) is 55.4 Å². The van der Waals surface area contributed by atoms with E-state index in [4.69, 9.17) is 0 Å². The van der Waals surface area contributed by atoms with E-state index in [1.165, 1.54) is 55.9 Å². The summed E-state index contributed by atoms with van der Waals surface area (Å²) in [4.78, 5) is 4.79. The van der Waals surface area contributed by atoms with Crippen LogP contribution >= 0.6 is 0 Å². The van der Waals surface area contributed by atoms with E-state index in [0.717, 1.165) is 22.7 Å². The molecule has 5 aromatic carbocycles. The fraction of sp³-hybridized carbons (Fsp3) is 0.211. The van der Waals surface area contributed by atoms with Gasteiger partial charge in [-0.3, -0.25) is 0 Å². The zero-order valence-corrected chi connectivity index (χ0v) is 25.1. The molecule has 0 saturated carbocycles. The zero-order chi connectivity index (χ0) is 28.6. The molecule has 0 atom stereocenters. The molecular weight excluding hydrogens is 484 g/mol. The number of hydrogen-bond acceptors (Lipinski definition) is 2. The lowest BCUT2D eigenvalue weighted by Crippen LogP contribution is -2.15. The summed E-state index contributed by atoms with van der Waals surface area (Å²) >= 11 is 0. The highest BCUT2D eigenvalue weighted by Gasteiger charge is 2.20. The first-order chi connectivity index (χ1) is 19.1. The summed E-state index contributed by atoms with van der Waals surface area (Å²) in [6, 6.07) is 35.8. The Labute approximate surface area is 240 Å². The standard InChI is InChI=1S/C38H40N2/c1-25-9-13-33(14-10-25)39(37-29(5)21-27(3)22-30(37)6)35-17-19-36(20-18-35)40(34-15-11-26(2)12-16-34)38-31(7)23-28(4)24-32(38)8/h9-24H,1-8H3. The molecule has 0 bridgehead atoms. The highest BCUT2D eigenvalue weighted by Crippen LogP contribution is 2.43. The van der Waals surface area contributed by atoms with Gasteiger partial charge in [0.25, 0.3) is 0 Å². The molecule has 0 heterocycles. The Morgan fingerprint density at radius 3 is 0.775 bits per heavy atom. The topological polar surface area (TPSA) is 6.48 Å². The van der Waals surface area contributed by atoms with Gasteiger partial charge in [0.2, 0.25) is 0 Å². The van der Waals surface area contributed by atoms with E-state index in [1.54, 1.807) is 0 Å². The lowest BCUT2D eigenvalue weighted by atomic mass is 10.0. The van der Waals surface area contributed by atoms with Crippen molar-refractivity contribution in [3.63, 3.8) is 0 Å². The van der Waals surface area contributed by atoms with E-state index in [0.29, 0.717) is 0 Å². The summed E-state index contributed by atoms with van der Waals surface area (Å²) in [5, 5.41) is 0. The quantitative estimate of drug-likeness (QED) is 0.218. The van der Waals surface area contributed by atoms with Crippen molar-refractivity contribution in [2.45, 2.75) is 55.4 Å². The molecule has 0 fully saturated rings. The van der Waals surface area contributed by atoms with Crippen LogP contribution in [0.3, 0.4) is 0 Å². The van der Waals surface area contributed by atoms with Crippen LogP contribution in [0.4, 0.5) is 34.1 Å². The number of anilines is 6. The summed E-state index contributed by atoms with van der Waals surface area (Å²) in [6.07, 6.45) is 0. The Balaban J connectivity index is 1.66. The van der Waals surface area contributed by atoms with Crippen molar-refractivity contribution in [2.24, 2.45) is 0 Å². The van der Waals surface area contributed by atoms with Gasteiger partial charge in [-0.05, 0) is 126 Å². The molecule has 202 valence electrons. The maximum absolute atomic E-state index is 2.39. The molecule has 0 unspecified atom stereocenters. The van der Waals surface area contributed by atoms with Crippen LogP contribution in [0.5, 0.6) is 0 Å². The van der Waals surface area contributed by atoms with Gasteiger partial charge < -0.3 is 9.80 Å². The maximum Gasteiger partial charge on any atom is 0.0520 e. The van der Waals surface area contributed by atoms with Gasteiger partial charge in [0.15, 0.2) is 0 Å². The van der Waals surface area contributed by atoms with E-state index in [1.807, 2.05) is 0 Å². The van der Waals surface area contributed by atoms with Gasteiger partial charge in [-0.1, -0.05) is 70.8 Å². The van der Waals surface area contributed by atoms with Crippen LogP contribution < -0.4 is 9.80 Å². The van der Waals surface area contributed by atoms with Gasteiger partial charge in [-0.2, -0.15) is 0 Å². The molecule has 0 saturated heterocycles. The molecule has 5 rings (SSSR count). The van der Waals surface area contributed by atoms with Gasteiger partial charge >= 0.3 is 0 Å². The summed E-state index contributed by atoms with van der Waals surface area (Å²) in [5.74, 6) is 0. The predicted molar refractivity (Wildman–Crippen MR) is 174 cm³/mol. The number of hydrogen-bond donors (Lipinski definition) is 0. The van der Waals surface area contributed by atoms with Crippen LogP contribution in [-0.4, -0.2) is 0 Å². The van der Waals surface area contributed by atoms with Crippen LogP contribution in [0.2, 0.25) is 0 Å². The lowest BCUT2D eigenvalue weighted by Gasteiger charge is -2.31. The molecular formula is C38H40N2. The minimum absolute atomic E-state index is 1.14. The Bertz CT molecular complexity index is 1470. The molecule has 0 aliphatic heterocycles. The second-order valence-corrected chi connectivity index (χ2v) is 11.4. The fourth-order valence-electron chi connectivity index (χ4n) is 6.00. The molecule has 0 aliphatic rings. The molecule has 2 heteroatoms. The van der Waals surface area contributed by atoms with Crippen LogP contribution in [0.15, 0.2) is 97.1 Å². The average Bonchev–Trinajstić information content (AvgIpc) is 2.90. The summed E-state index contributed by atoms with van der Waals surface area (Å²) in [5.41, 5.74) is 17.3. The predicted octanol–water partition coefficient (Wildman–Crippen LogP) is 11.1. The fourth-order valence-corrected chi connectivity index (χ4v) is 6.00. The second kappa shape index (κ2) is 11.1. The van der Waals surface area contributed by atoms with Gasteiger partial charge in [0.1, 0.15) is 0 Å². The third-order valence-electron chi connectivity index (χ3n) is 7.67. The van der Waals surface area contributed by atoms with Crippen LogP contribution in [0.25, 0.3) is 0 Å². The lowest BCUT2D eigenvalue weighted by molar-refractivity contribution is 1.18. The Morgan fingerprint density at radius 1 is 0.300 bits per heavy atom. The van der Waals surface area contributed by atoms with E-state index in [-0.39, 0.29) is 0 Å². The van der Waals surface area contributed by atoms with Crippen molar-refractivity contribution in [1.82, 2.24) is 0 Å². The largest absolute Gasteiger partial charge is 0.310 e. The van der Waals surface area contributed by atoms with Crippen LogP contribution in [0.1, 0.15) is 44.5 Å². The monoisotopic (exact) mass is 524 g/mol. The smallest absolute Gasteiger partial charge is 0.0520 e. The Kier molecular flexibility index (Phi) is 7.54. The van der Waals surface area contributed by atoms with Crippen molar-refractivity contribution < 1.29 is 0 Å². The second-order valence-electron chi connectivity index (χ2n) is 11.4. The van der Waals surface area contributed by atoms with Gasteiger partial charge in [0, 0.05) is 22.7 Å². The van der Waals surface area contributed by atoms with Gasteiger partial charge in [0.05, 0.1) is 11.4 Å². The van der Waals surface area contributed by atoms with Crippen molar-refractivity contribution in [2.75, 3.05) is 9.80 Å². The first kappa shape index (κ1) is 27.3. The Hall–Kier alpha value is -4.30. The minimum atomic E-state index is 1.14. The molecule has 40 heavy (non-hydrogen) atoms. The van der Waals surface area contributed by atoms with Gasteiger partial charge in [-0.25, -0.2) is 0 Å². The minimum Gasteiger partial charge on any atom is -0.310 e. The van der Waals surface area contributed by atoms with Crippen molar-refractivity contribution in [3.05, 3.63) is 142 Å². The SMILES string of the molecule is Cc1ccc(N(c2ccc(N(c3ccc(C)cc3)c3c(C)cc(C)cc3C)cc2)c2c(C)cc(C)cc2C)cc1. The summed E-state index contributed by atoms with van der Waals surface area (Å²) < 4.78 is 0. The van der Waals surface area contributed by atoms with E-state index in [2.05, 4.69) is 162 Å². The molecule has 0 amide bonds. The van der Waals surface area contributed by atoms with Gasteiger partial charge in [-0.15, -0.1) is 0 Å². The zero-order valence-electron chi connectivity index (χ0n) is 25.1. The Morgan fingerprint density at radius 2 is 0.525 bits per heavy atom. The average molecular weight is 525 g/mol. The molecule has 0 radical (unpaired) electrons. The van der Waals surface area contributed by atoms with Crippen molar-refractivity contribution in [1.29, 1.82) is 0 Å². The van der Waals surface area contributed by atoms with E-state index >= 15 is 0 Å².